The molecule has 3 rings (SSSR count). The number of aryl methyl sites for hydroxylation is 1. The van der Waals surface area contributed by atoms with Crippen molar-refractivity contribution in [3.63, 3.8) is 0 Å². The maximum absolute atomic E-state index is 13.3. The van der Waals surface area contributed by atoms with Crippen LogP contribution in [0.15, 0.2) is 88.5 Å². The molecule has 35 heavy (non-hydrogen) atoms. The second-order valence-corrected chi connectivity index (χ2v) is 9.64. The van der Waals surface area contributed by atoms with Crippen LogP contribution in [-0.2, 0) is 28.9 Å². The average molecular weight is 498 g/mol. The first kappa shape index (κ1) is 25.8. The van der Waals surface area contributed by atoms with Crippen LogP contribution in [0, 0.1) is 6.92 Å². The summed E-state index contributed by atoms with van der Waals surface area (Å²) >= 11 is 0. The van der Waals surface area contributed by atoms with Crippen LogP contribution in [0.3, 0.4) is 0 Å². The van der Waals surface area contributed by atoms with Crippen molar-refractivity contribution in [1.29, 1.82) is 0 Å². The van der Waals surface area contributed by atoms with Gasteiger partial charge in [0.15, 0.2) is 10.7 Å². The van der Waals surface area contributed by atoms with Gasteiger partial charge in [-0.25, -0.2) is 18.0 Å². The van der Waals surface area contributed by atoms with Crippen LogP contribution >= 0.6 is 0 Å². The molecular formula is C26H27NO7S. The third-order valence-corrected chi connectivity index (χ3v) is 6.82. The molecule has 0 bridgehead atoms. The van der Waals surface area contributed by atoms with E-state index in [1.165, 1.54) is 31.2 Å². The van der Waals surface area contributed by atoms with Crippen molar-refractivity contribution in [2.75, 3.05) is 24.7 Å². The molecule has 0 fully saturated rings. The third kappa shape index (κ3) is 5.99. The zero-order chi connectivity index (χ0) is 25.6. The van der Waals surface area contributed by atoms with Gasteiger partial charge in [-0.15, -0.1) is 0 Å². The van der Waals surface area contributed by atoms with Crippen LogP contribution in [0.4, 0.5) is 5.69 Å². The number of benzene rings is 2. The Morgan fingerprint density at radius 3 is 2.29 bits per heavy atom. The highest BCUT2D eigenvalue weighted by Gasteiger charge is 2.29. The molecule has 9 heteroatoms. The molecule has 184 valence electrons. The summed E-state index contributed by atoms with van der Waals surface area (Å²) in [6, 6.07) is 13.5. The van der Waals surface area contributed by atoms with Gasteiger partial charge >= 0.3 is 11.9 Å². The Bertz CT molecular complexity index is 1290. The highest BCUT2D eigenvalue weighted by atomic mass is 32.2. The number of esters is 2. The van der Waals surface area contributed by atoms with Gasteiger partial charge in [0.25, 0.3) is 0 Å². The Kier molecular flexibility index (Phi) is 8.14. The quantitative estimate of drug-likeness (QED) is 0.290. The minimum Gasteiger partial charge on any atom is -0.459 e. The van der Waals surface area contributed by atoms with E-state index < -0.39 is 26.7 Å². The lowest BCUT2D eigenvalue weighted by Gasteiger charge is -2.15. The van der Waals surface area contributed by atoms with E-state index in [1.54, 1.807) is 18.2 Å². The first-order valence-electron chi connectivity index (χ1n) is 10.9. The smallest absolute Gasteiger partial charge is 0.350 e. The number of ether oxygens (including phenoxy) is 3. The number of carbonyl (C=O) groups is 2. The van der Waals surface area contributed by atoms with E-state index in [-0.39, 0.29) is 23.7 Å². The van der Waals surface area contributed by atoms with E-state index in [2.05, 4.69) is 6.58 Å². The maximum atomic E-state index is 13.3. The van der Waals surface area contributed by atoms with E-state index >= 15 is 0 Å². The molecule has 1 aliphatic heterocycles. The zero-order valence-electron chi connectivity index (χ0n) is 19.8. The molecule has 1 heterocycles. The van der Waals surface area contributed by atoms with Crippen LogP contribution in [0.25, 0.3) is 0 Å². The van der Waals surface area contributed by atoms with Crippen LogP contribution in [0.5, 0.6) is 5.75 Å². The topological polar surface area (TPSA) is 99.2 Å². The lowest BCUT2D eigenvalue weighted by Crippen LogP contribution is -2.21. The van der Waals surface area contributed by atoms with E-state index in [1.807, 2.05) is 36.9 Å². The number of hydrogen-bond donors (Lipinski definition) is 0. The Hall–Kier alpha value is -3.85. The Morgan fingerprint density at radius 2 is 1.66 bits per heavy atom. The molecule has 0 N–H and O–H groups in total. The molecule has 8 nitrogen and oxygen atoms in total. The summed E-state index contributed by atoms with van der Waals surface area (Å²) in [5, 5.41) is 0. The van der Waals surface area contributed by atoms with E-state index in [0.717, 1.165) is 11.3 Å². The summed E-state index contributed by atoms with van der Waals surface area (Å²) < 4.78 is 42.5. The molecule has 0 saturated heterocycles. The number of nitrogens with zero attached hydrogens (tertiary/aromatic N) is 1. The van der Waals surface area contributed by atoms with Gasteiger partial charge in [0.2, 0.25) is 15.7 Å². The number of hydrogen-bond acceptors (Lipinski definition) is 8. The fourth-order valence-electron chi connectivity index (χ4n) is 3.22. The van der Waals surface area contributed by atoms with Crippen molar-refractivity contribution in [3.8, 4) is 5.75 Å². The number of anilines is 1. The molecule has 2 aromatic carbocycles. The van der Waals surface area contributed by atoms with Gasteiger partial charge in [-0.05, 0) is 51.1 Å². The van der Waals surface area contributed by atoms with Crippen molar-refractivity contribution in [2.24, 2.45) is 0 Å². The minimum absolute atomic E-state index is 0.0543. The van der Waals surface area contributed by atoms with E-state index in [9.17, 15) is 18.0 Å². The van der Waals surface area contributed by atoms with Crippen molar-refractivity contribution >= 4 is 27.5 Å². The molecule has 2 aromatic rings. The van der Waals surface area contributed by atoms with Gasteiger partial charge in [-0.2, -0.15) is 0 Å². The summed E-state index contributed by atoms with van der Waals surface area (Å²) in [6.45, 7) is 8.71. The number of fused-ring (bicyclic) bond motifs is 1. The van der Waals surface area contributed by atoms with Crippen LogP contribution in [0.2, 0.25) is 0 Å². The molecule has 0 aliphatic carbocycles. The Morgan fingerprint density at radius 1 is 1.03 bits per heavy atom. The fraction of sp³-hybridized carbons (Fsp3) is 0.231. The number of rotatable bonds is 9. The molecule has 0 atom stereocenters. The molecule has 0 amide bonds. The number of sulfone groups is 1. The predicted molar refractivity (Wildman–Crippen MR) is 131 cm³/mol. The Balaban J connectivity index is 1.91. The van der Waals surface area contributed by atoms with Gasteiger partial charge in [0.1, 0.15) is 13.2 Å². The lowest BCUT2D eigenvalue weighted by molar-refractivity contribution is -0.146. The van der Waals surface area contributed by atoms with Gasteiger partial charge < -0.3 is 19.1 Å². The summed E-state index contributed by atoms with van der Waals surface area (Å²) in [5.74, 6) is -0.717. The minimum atomic E-state index is -4.22. The third-order valence-electron chi connectivity index (χ3n) is 5.05. The van der Waals surface area contributed by atoms with Crippen molar-refractivity contribution in [1.82, 2.24) is 0 Å². The molecule has 0 unspecified atom stereocenters. The number of carbonyl (C=O) groups excluding carboxylic acids is 2. The van der Waals surface area contributed by atoms with Crippen LogP contribution in [-0.4, -0.2) is 40.1 Å². The second kappa shape index (κ2) is 11.1. The van der Waals surface area contributed by atoms with Crippen molar-refractivity contribution in [2.45, 2.75) is 25.7 Å². The second-order valence-electron chi connectivity index (χ2n) is 7.72. The van der Waals surface area contributed by atoms with Crippen LogP contribution in [0.1, 0.15) is 19.4 Å². The molecular weight excluding hydrogens is 470 g/mol. The number of para-hydroxylation sites is 2. The van der Waals surface area contributed by atoms with Gasteiger partial charge in [-0.1, -0.05) is 36.4 Å². The molecule has 0 aromatic heterocycles. The van der Waals surface area contributed by atoms with E-state index in [4.69, 9.17) is 14.2 Å². The molecule has 0 radical (unpaired) electrons. The first-order chi connectivity index (χ1) is 16.6. The average Bonchev–Trinajstić information content (AvgIpc) is 3.19. The summed E-state index contributed by atoms with van der Waals surface area (Å²) in [4.78, 5) is 25.6. The van der Waals surface area contributed by atoms with E-state index in [0.29, 0.717) is 18.2 Å². The highest BCUT2D eigenvalue weighted by molar-refractivity contribution is 7.96. The highest BCUT2D eigenvalue weighted by Crippen LogP contribution is 2.38. The predicted octanol–water partition coefficient (Wildman–Crippen LogP) is 4.08. The molecule has 0 saturated carbocycles. The first-order valence-corrected chi connectivity index (χ1v) is 12.4. The molecule has 1 aliphatic rings. The Labute approximate surface area is 205 Å². The summed E-state index contributed by atoms with van der Waals surface area (Å²) in [7, 11) is -4.22. The molecule has 0 spiro atoms. The summed E-state index contributed by atoms with van der Waals surface area (Å²) in [5.41, 5.74) is 1.90. The standard InChI is InChI=1S/C26H27NO7S/c1-5-27-21-8-6-7-9-22(21)34-24(27)15-14-23(26(29)33-17-16-32-25(28)18(2)3)35(30,31)20-12-10-19(4)11-13-20/h6-15H,2,5,16-17H2,1,3-4H3/b23-14-,24-15-. The van der Waals surface area contributed by atoms with Gasteiger partial charge in [-0.3, -0.25) is 0 Å². The number of allylic oxidation sites excluding steroid dienone is 2. The summed E-state index contributed by atoms with van der Waals surface area (Å²) in [6.07, 6.45) is 2.59. The van der Waals surface area contributed by atoms with Crippen LogP contribution < -0.4 is 9.64 Å². The fourth-order valence-corrected chi connectivity index (χ4v) is 4.50. The zero-order valence-corrected chi connectivity index (χ0v) is 20.6. The van der Waals surface area contributed by atoms with Crippen molar-refractivity contribution < 1.29 is 32.2 Å². The SMILES string of the molecule is C=C(C)C(=O)OCCOC(=O)/C(=C/C=C1\Oc2ccccc2N1CC)S(=O)(=O)c1ccc(C)cc1. The largest absolute Gasteiger partial charge is 0.459 e. The van der Waals surface area contributed by atoms with Gasteiger partial charge in [0.05, 0.1) is 10.6 Å². The maximum Gasteiger partial charge on any atom is 0.350 e. The van der Waals surface area contributed by atoms with Crippen molar-refractivity contribution in [3.05, 3.63) is 89.2 Å². The lowest BCUT2D eigenvalue weighted by atomic mass is 10.2. The van der Waals surface area contributed by atoms with Gasteiger partial charge in [0, 0.05) is 18.2 Å². The monoisotopic (exact) mass is 497 g/mol. The normalized spacial score (nSPS) is 14.3.